The van der Waals surface area contributed by atoms with Gasteiger partial charge in [-0.3, -0.25) is 0 Å². The molecule has 0 aliphatic carbocycles. The third kappa shape index (κ3) is 5.48. The number of imidazole rings is 1. The summed E-state index contributed by atoms with van der Waals surface area (Å²) in [7, 11) is 0. The first kappa shape index (κ1) is 24.9. The van der Waals surface area contributed by atoms with Gasteiger partial charge in [0.1, 0.15) is 5.82 Å². The van der Waals surface area contributed by atoms with Crippen LogP contribution in [0.5, 0.6) is 11.5 Å². The zero-order valence-electron chi connectivity index (χ0n) is 21.7. The maximum absolute atomic E-state index is 12.3. The number of hydrogen-bond donors (Lipinski definition) is 0. The maximum atomic E-state index is 12.3. The molecule has 37 heavy (non-hydrogen) atoms. The number of aryl methyl sites for hydroxylation is 1. The van der Waals surface area contributed by atoms with E-state index < -0.39 is 0 Å². The van der Waals surface area contributed by atoms with Crippen molar-refractivity contribution in [1.29, 1.82) is 0 Å². The number of esters is 1. The summed E-state index contributed by atoms with van der Waals surface area (Å²) in [6, 6.07) is 20.2. The van der Waals surface area contributed by atoms with Gasteiger partial charge in [-0.05, 0) is 54.8 Å². The second-order valence-electron chi connectivity index (χ2n) is 9.42. The van der Waals surface area contributed by atoms with Crippen LogP contribution in [0.15, 0.2) is 60.7 Å². The Labute approximate surface area is 218 Å². The van der Waals surface area contributed by atoms with Crippen LogP contribution in [-0.2, 0) is 11.3 Å². The van der Waals surface area contributed by atoms with Crippen molar-refractivity contribution in [3.63, 3.8) is 0 Å². The second-order valence-corrected chi connectivity index (χ2v) is 9.42. The lowest BCUT2D eigenvalue weighted by Crippen LogP contribution is -2.04. The molecular weight excluding hydrogens is 464 g/mol. The molecule has 0 saturated heterocycles. The smallest absolute Gasteiger partial charge is 0.338 e. The van der Waals surface area contributed by atoms with Crippen LogP contribution in [-0.4, -0.2) is 28.9 Å². The van der Waals surface area contributed by atoms with E-state index in [2.05, 4.69) is 35.8 Å². The molecule has 0 atom stereocenters. The van der Waals surface area contributed by atoms with Crippen LogP contribution in [0.1, 0.15) is 62.7 Å². The number of hydrogen-bond acceptors (Lipinski definition) is 5. The molecule has 2 heterocycles. The molecule has 1 aliphatic heterocycles. The fourth-order valence-electron chi connectivity index (χ4n) is 4.86. The molecule has 0 amide bonds. The largest absolute Gasteiger partial charge is 0.462 e. The van der Waals surface area contributed by atoms with E-state index in [1.54, 1.807) is 0 Å². The number of ether oxygens (including phenoxy) is 3. The topological polar surface area (TPSA) is 62.6 Å². The van der Waals surface area contributed by atoms with Crippen molar-refractivity contribution in [1.82, 2.24) is 9.55 Å². The molecular formula is C31H34N2O4. The monoisotopic (exact) mass is 498 g/mol. The van der Waals surface area contributed by atoms with Crippen LogP contribution in [0, 0.1) is 0 Å². The van der Waals surface area contributed by atoms with Crippen LogP contribution in [0.3, 0.4) is 0 Å². The van der Waals surface area contributed by atoms with E-state index in [-0.39, 0.29) is 12.8 Å². The summed E-state index contributed by atoms with van der Waals surface area (Å²) >= 11 is 0. The number of aromatic nitrogens is 2. The lowest BCUT2D eigenvalue weighted by atomic mass is 10.0. The molecule has 1 aromatic heterocycles. The van der Waals surface area contributed by atoms with E-state index in [4.69, 9.17) is 19.2 Å². The molecule has 0 fully saturated rings. The van der Waals surface area contributed by atoms with E-state index in [1.807, 2.05) is 43.3 Å². The Balaban J connectivity index is 1.44. The minimum atomic E-state index is -0.315. The van der Waals surface area contributed by atoms with Crippen LogP contribution < -0.4 is 9.47 Å². The van der Waals surface area contributed by atoms with Gasteiger partial charge in [0.25, 0.3) is 0 Å². The molecule has 0 N–H and O–H groups in total. The van der Waals surface area contributed by atoms with Crippen molar-refractivity contribution in [3.05, 3.63) is 66.2 Å². The van der Waals surface area contributed by atoms with Gasteiger partial charge >= 0.3 is 5.97 Å². The number of fused-ring (bicyclic) bond motifs is 2. The highest BCUT2D eigenvalue weighted by atomic mass is 16.7. The van der Waals surface area contributed by atoms with E-state index in [1.165, 1.54) is 32.1 Å². The second kappa shape index (κ2) is 11.5. The summed E-state index contributed by atoms with van der Waals surface area (Å²) < 4.78 is 18.5. The van der Waals surface area contributed by atoms with Crippen molar-refractivity contribution in [2.45, 2.75) is 58.9 Å². The standard InChI is InChI=1S/C31H34N2O4/c1-3-5-6-7-8-9-18-33-27-16-14-25(31(34)35-4-2)19-26(27)32-30(33)23-12-10-22(11-13-23)24-15-17-28-29(20-24)37-21-36-28/h10-17,19-20H,3-9,18,21H2,1-2H3. The summed E-state index contributed by atoms with van der Waals surface area (Å²) in [6.07, 6.45) is 7.39. The number of carbonyl (C=O) groups excluding carboxylic acids is 1. The van der Waals surface area contributed by atoms with Gasteiger partial charge in [0, 0.05) is 12.1 Å². The zero-order chi connectivity index (χ0) is 25.6. The predicted octanol–water partition coefficient (Wildman–Crippen LogP) is 7.64. The SMILES string of the molecule is CCCCCCCCn1c(-c2ccc(-c3ccc4c(c3)OCO4)cc2)nc2cc(C(=O)OCC)ccc21. The van der Waals surface area contributed by atoms with Crippen LogP contribution >= 0.6 is 0 Å². The summed E-state index contributed by atoms with van der Waals surface area (Å²) in [4.78, 5) is 17.3. The quantitative estimate of drug-likeness (QED) is 0.157. The Morgan fingerprint density at radius 3 is 2.38 bits per heavy atom. The Morgan fingerprint density at radius 2 is 1.57 bits per heavy atom. The Hall–Kier alpha value is -3.80. The highest BCUT2D eigenvalue weighted by Gasteiger charge is 2.17. The molecule has 1 aliphatic rings. The lowest BCUT2D eigenvalue weighted by molar-refractivity contribution is 0.0526. The van der Waals surface area contributed by atoms with Crippen LogP contribution in [0.4, 0.5) is 0 Å². The minimum absolute atomic E-state index is 0.268. The number of nitrogens with zero attached hydrogens (tertiary/aromatic N) is 2. The van der Waals surface area contributed by atoms with Crippen molar-refractivity contribution in [2.75, 3.05) is 13.4 Å². The van der Waals surface area contributed by atoms with Gasteiger partial charge in [-0.15, -0.1) is 0 Å². The van der Waals surface area contributed by atoms with Gasteiger partial charge < -0.3 is 18.8 Å². The number of rotatable bonds is 11. The normalized spacial score (nSPS) is 12.3. The Morgan fingerprint density at radius 1 is 0.838 bits per heavy atom. The molecule has 3 aromatic carbocycles. The molecule has 6 nitrogen and oxygen atoms in total. The van der Waals surface area contributed by atoms with E-state index in [0.717, 1.165) is 58.0 Å². The first-order valence-corrected chi connectivity index (χ1v) is 13.4. The van der Waals surface area contributed by atoms with Crippen LogP contribution in [0.2, 0.25) is 0 Å². The summed E-state index contributed by atoms with van der Waals surface area (Å²) in [5.74, 6) is 2.16. The molecule has 0 unspecified atom stereocenters. The lowest BCUT2D eigenvalue weighted by Gasteiger charge is -2.11. The average molecular weight is 499 g/mol. The zero-order valence-corrected chi connectivity index (χ0v) is 21.7. The van der Waals surface area contributed by atoms with Gasteiger partial charge in [0.15, 0.2) is 11.5 Å². The third-order valence-corrected chi connectivity index (χ3v) is 6.84. The van der Waals surface area contributed by atoms with Crippen molar-refractivity contribution in [3.8, 4) is 34.0 Å². The fourth-order valence-corrected chi connectivity index (χ4v) is 4.86. The van der Waals surface area contributed by atoms with Gasteiger partial charge in [0.2, 0.25) is 6.79 Å². The van der Waals surface area contributed by atoms with E-state index in [9.17, 15) is 4.79 Å². The van der Waals surface area contributed by atoms with Crippen molar-refractivity contribution >= 4 is 17.0 Å². The van der Waals surface area contributed by atoms with Gasteiger partial charge in [0.05, 0.1) is 23.2 Å². The molecule has 5 rings (SSSR count). The minimum Gasteiger partial charge on any atom is -0.462 e. The molecule has 4 aromatic rings. The Bertz CT molecular complexity index is 1370. The molecule has 0 spiro atoms. The number of unbranched alkanes of at least 4 members (excludes halogenated alkanes) is 5. The van der Waals surface area contributed by atoms with E-state index in [0.29, 0.717) is 12.2 Å². The van der Waals surface area contributed by atoms with Gasteiger partial charge in [-0.25, -0.2) is 9.78 Å². The van der Waals surface area contributed by atoms with Crippen molar-refractivity contribution < 1.29 is 19.0 Å². The van der Waals surface area contributed by atoms with Gasteiger partial charge in [-0.1, -0.05) is 69.4 Å². The molecule has 0 bridgehead atoms. The first-order valence-electron chi connectivity index (χ1n) is 13.4. The first-order chi connectivity index (χ1) is 18.2. The summed E-state index contributed by atoms with van der Waals surface area (Å²) in [5.41, 5.74) is 5.61. The maximum Gasteiger partial charge on any atom is 0.338 e. The molecule has 0 saturated carbocycles. The number of benzene rings is 3. The highest BCUT2D eigenvalue weighted by molar-refractivity contribution is 5.94. The van der Waals surface area contributed by atoms with E-state index >= 15 is 0 Å². The average Bonchev–Trinajstić information content (AvgIpc) is 3.54. The Kier molecular flexibility index (Phi) is 7.73. The highest BCUT2D eigenvalue weighted by Crippen LogP contribution is 2.36. The summed E-state index contributed by atoms with van der Waals surface area (Å²) in [5, 5.41) is 0. The van der Waals surface area contributed by atoms with Crippen LogP contribution in [0.25, 0.3) is 33.5 Å². The predicted molar refractivity (Wildman–Crippen MR) is 146 cm³/mol. The van der Waals surface area contributed by atoms with Crippen molar-refractivity contribution in [2.24, 2.45) is 0 Å². The third-order valence-electron chi connectivity index (χ3n) is 6.84. The molecule has 0 radical (unpaired) electrons. The molecule has 192 valence electrons. The molecule has 6 heteroatoms. The van der Waals surface area contributed by atoms with Gasteiger partial charge in [-0.2, -0.15) is 0 Å². The summed E-state index contributed by atoms with van der Waals surface area (Å²) in [6.45, 7) is 5.57. The number of carbonyl (C=O) groups is 1. The fraction of sp³-hybridized carbons (Fsp3) is 0.355.